The van der Waals surface area contributed by atoms with E-state index in [9.17, 15) is 13.2 Å². The van der Waals surface area contributed by atoms with Crippen LogP contribution in [0.1, 0.15) is 19.8 Å². The summed E-state index contributed by atoms with van der Waals surface area (Å²) < 4.78 is 26.5. The van der Waals surface area contributed by atoms with Crippen LogP contribution >= 0.6 is 0 Å². The number of aromatic nitrogens is 1. The molecule has 0 atom stereocenters. The van der Waals surface area contributed by atoms with Crippen molar-refractivity contribution >= 4 is 21.6 Å². The first-order chi connectivity index (χ1) is 9.53. The zero-order valence-electron chi connectivity index (χ0n) is 11.2. The van der Waals surface area contributed by atoms with Crippen molar-refractivity contribution in [2.24, 2.45) is 0 Å². The molecule has 110 valence electrons. The number of carbonyl (C=O) groups is 1. The summed E-state index contributed by atoms with van der Waals surface area (Å²) in [5.41, 5.74) is 0.421. The monoisotopic (exact) mass is 298 g/mol. The molecule has 0 unspecified atom stereocenters. The van der Waals surface area contributed by atoms with Crippen LogP contribution in [0, 0.1) is 0 Å². The molecule has 1 aliphatic carbocycles. The Morgan fingerprint density at radius 2 is 2.20 bits per heavy atom. The number of rotatable bonds is 7. The third kappa shape index (κ3) is 3.91. The van der Waals surface area contributed by atoms with Gasteiger partial charge in [-0.3, -0.25) is 4.79 Å². The van der Waals surface area contributed by atoms with Crippen molar-refractivity contribution in [2.45, 2.75) is 30.8 Å². The number of amides is 1. The van der Waals surface area contributed by atoms with E-state index in [0.717, 1.165) is 12.8 Å². The number of sulfonamides is 1. The molecule has 1 aliphatic rings. The number of hydrogen-bond donors (Lipinski definition) is 3. The smallest absolute Gasteiger partial charge is 0.260 e. The number of nitrogens with one attached hydrogen (secondary N) is 3. The molecule has 1 aromatic heterocycles. The van der Waals surface area contributed by atoms with Crippen LogP contribution < -0.4 is 15.4 Å². The molecule has 7 nitrogen and oxygen atoms in total. The minimum atomic E-state index is -3.81. The van der Waals surface area contributed by atoms with Crippen molar-refractivity contribution in [2.75, 3.05) is 18.4 Å². The molecule has 8 heteroatoms. The van der Waals surface area contributed by atoms with E-state index in [1.165, 1.54) is 6.20 Å². The van der Waals surface area contributed by atoms with E-state index in [0.29, 0.717) is 12.2 Å². The van der Waals surface area contributed by atoms with Gasteiger partial charge in [0, 0.05) is 18.8 Å². The molecule has 1 fully saturated rings. The Morgan fingerprint density at radius 3 is 2.85 bits per heavy atom. The van der Waals surface area contributed by atoms with Crippen molar-refractivity contribution in [1.29, 1.82) is 0 Å². The summed E-state index contributed by atoms with van der Waals surface area (Å²) in [6.45, 7) is 2.16. The zero-order chi connectivity index (χ0) is 14.6. The average molecular weight is 298 g/mol. The van der Waals surface area contributed by atoms with Gasteiger partial charge in [0.2, 0.25) is 5.91 Å². The Balaban J connectivity index is 2.03. The van der Waals surface area contributed by atoms with E-state index in [2.05, 4.69) is 20.3 Å². The first kappa shape index (κ1) is 14.7. The van der Waals surface area contributed by atoms with Gasteiger partial charge in [0.1, 0.15) is 0 Å². The van der Waals surface area contributed by atoms with Gasteiger partial charge in [0.15, 0.2) is 5.03 Å². The first-order valence-corrected chi connectivity index (χ1v) is 7.99. The summed E-state index contributed by atoms with van der Waals surface area (Å²) in [7, 11) is -3.81. The number of pyridine rings is 1. The standard InChI is InChI=1S/C12H18N4O3S/c1-2-13-10-4-3-7-14-12(10)20(18,19)15-8-11(17)16-9-5-6-9/h3-4,7,9,13,15H,2,5-6,8H2,1H3,(H,16,17). The fraction of sp³-hybridized carbons (Fsp3) is 0.500. The van der Waals surface area contributed by atoms with Gasteiger partial charge >= 0.3 is 0 Å². The van der Waals surface area contributed by atoms with Crippen molar-refractivity contribution in [3.8, 4) is 0 Å². The third-order valence-electron chi connectivity index (χ3n) is 2.76. The lowest BCUT2D eigenvalue weighted by molar-refractivity contribution is -0.120. The summed E-state index contributed by atoms with van der Waals surface area (Å²) in [5, 5.41) is 5.55. The summed E-state index contributed by atoms with van der Waals surface area (Å²) in [5.74, 6) is -0.322. The van der Waals surface area contributed by atoms with Gasteiger partial charge in [0.05, 0.1) is 12.2 Å². The minimum absolute atomic E-state index is 0.0962. The van der Waals surface area contributed by atoms with E-state index in [-0.39, 0.29) is 23.5 Å². The Morgan fingerprint density at radius 1 is 1.45 bits per heavy atom. The van der Waals surface area contributed by atoms with Gasteiger partial charge in [-0.15, -0.1) is 0 Å². The van der Waals surface area contributed by atoms with Gasteiger partial charge in [-0.2, -0.15) is 0 Å². The molecule has 0 aliphatic heterocycles. The Labute approximate surface area is 118 Å². The van der Waals surface area contributed by atoms with Gasteiger partial charge in [-0.25, -0.2) is 18.1 Å². The topological polar surface area (TPSA) is 100 Å². The van der Waals surface area contributed by atoms with Crippen molar-refractivity contribution in [3.63, 3.8) is 0 Å². The lowest BCUT2D eigenvalue weighted by Gasteiger charge is -2.11. The number of nitrogens with zero attached hydrogens (tertiary/aromatic N) is 1. The molecular formula is C12H18N4O3S. The Bertz CT molecular complexity index is 584. The predicted octanol–water partition coefficient (Wildman–Crippen LogP) is 0.0703. The van der Waals surface area contributed by atoms with Crippen LogP contribution in [0.25, 0.3) is 0 Å². The number of anilines is 1. The molecule has 3 N–H and O–H groups in total. The summed E-state index contributed by atoms with van der Waals surface area (Å²) >= 11 is 0. The van der Waals surface area contributed by atoms with Gasteiger partial charge < -0.3 is 10.6 Å². The summed E-state index contributed by atoms with van der Waals surface area (Å²) in [6, 6.07) is 3.49. The molecule has 0 aromatic carbocycles. The highest BCUT2D eigenvalue weighted by Crippen LogP contribution is 2.19. The molecular weight excluding hydrogens is 280 g/mol. The highest BCUT2D eigenvalue weighted by molar-refractivity contribution is 7.89. The fourth-order valence-electron chi connectivity index (χ4n) is 1.67. The largest absolute Gasteiger partial charge is 0.383 e. The maximum Gasteiger partial charge on any atom is 0.260 e. The van der Waals surface area contributed by atoms with E-state index >= 15 is 0 Å². The summed E-state index contributed by atoms with van der Waals surface area (Å²) in [6.07, 6.45) is 3.33. The summed E-state index contributed by atoms with van der Waals surface area (Å²) in [4.78, 5) is 15.4. The highest BCUT2D eigenvalue weighted by Gasteiger charge is 2.25. The van der Waals surface area contributed by atoms with Crippen LogP contribution in [-0.2, 0) is 14.8 Å². The molecule has 1 aromatic rings. The van der Waals surface area contributed by atoms with E-state index in [1.807, 2.05) is 6.92 Å². The third-order valence-corrected chi connectivity index (χ3v) is 4.12. The number of carbonyl (C=O) groups excluding carboxylic acids is 1. The van der Waals surface area contributed by atoms with Crippen LogP contribution in [-0.4, -0.2) is 38.4 Å². The molecule has 1 heterocycles. The Kier molecular flexibility index (Phi) is 4.56. The van der Waals surface area contributed by atoms with E-state index in [4.69, 9.17) is 0 Å². The van der Waals surface area contributed by atoms with Gasteiger partial charge in [-0.1, -0.05) is 0 Å². The molecule has 0 saturated heterocycles. The lowest BCUT2D eigenvalue weighted by Crippen LogP contribution is -2.38. The maximum atomic E-state index is 12.1. The number of hydrogen-bond acceptors (Lipinski definition) is 5. The molecule has 1 amide bonds. The Hall–Kier alpha value is -1.67. The first-order valence-electron chi connectivity index (χ1n) is 6.51. The quantitative estimate of drug-likeness (QED) is 0.661. The molecule has 2 rings (SSSR count). The lowest BCUT2D eigenvalue weighted by atomic mass is 10.4. The SMILES string of the molecule is CCNc1cccnc1S(=O)(=O)NCC(=O)NC1CC1. The van der Waals surface area contributed by atoms with Gasteiger partial charge in [0.25, 0.3) is 10.0 Å². The van der Waals surface area contributed by atoms with E-state index in [1.54, 1.807) is 12.1 Å². The highest BCUT2D eigenvalue weighted by atomic mass is 32.2. The van der Waals surface area contributed by atoms with Crippen LogP contribution in [0.3, 0.4) is 0 Å². The van der Waals surface area contributed by atoms with Crippen molar-refractivity contribution in [1.82, 2.24) is 15.0 Å². The molecule has 0 bridgehead atoms. The van der Waals surface area contributed by atoms with Crippen LogP contribution in [0.4, 0.5) is 5.69 Å². The van der Waals surface area contributed by atoms with Crippen LogP contribution in [0.5, 0.6) is 0 Å². The maximum absolute atomic E-state index is 12.1. The van der Waals surface area contributed by atoms with E-state index < -0.39 is 10.0 Å². The molecule has 0 radical (unpaired) electrons. The van der Waals surface area contributed by atoms with Crippen molar-refractivity contribution < 1.29 is 13.2 Å². The molecule has 0 spiro atoms. The van der Waals surface area contributed by atoms with Crippen molar-refractivity contribution in [3.05, 3.63) is 18.3 Å². The predicted molar refractivity (Wildman–Crippen MR) is 74.8 cm³/mol. The second kappa shape index (κ2) is 6.19. The molecule has 1 saturated carbocycles. The van der Waals surface area contributed by atoms with Crippen LogP contribution in [0.15, 0.2) is 23.4 Å². The second-order valence-electron chi connectivity index (χ2n) is 4.55. The normalized spacial score (nSPS) is 14.8. The fourth-order valence-corrected chi connectivity index (χ4v) is 2.75. The zero-order valence-corrected chi connectivity index (χ0v) is 12.0. The van der Waals surface area contributed by atoms with Crippen LogP contribution in [0.2, 0.25) is 0 Å². The second-order valence-corrected chi connectivity index (χ2v) is 6.24. The molecule has 20 heavy (non-hydrogen) atoms. The average Bonchev–Trinajstić information content (AvgIpc) is 3.21. The minimum Gasteiger partial charge on any atom is -0.383 e. The van der Waals surface area contributed by atoms with Gasteiger partial charge in [-0.05, 0) is 31.9 Å².